The number of rotatable bonds is 4. The van der Waals surface area contributed by atoms with E-state index in [1.165, 1.54) is 6.07 Å². The Morgan fingerprint density at radius 2 is 1.95 bits per heavy atom. The number of nitrogens with zero attached hydrogens (tertiary/aromatic N) is 1. The van der Waals surface area contributed by atoms with Gasteiger partial charge in [0.05, 0.1) is 17.5 Å². The zero-order chi connectivity index (χ0) is 15.7. The van der Waals surface area contributed by atoms with E-state index in [2.05, 4.69) is 14.9 Å². The summed E-state index contributed by atoms with van der Waals surface area (Å²) in [5.74, 6) is -0.230. The first-order valence-electron chi connectivity index (χ1n) is 6.30. The van der Waals surface area contributed by atoms with Crippen molar-refractivity contribution < 1.29 is 8.42 Å². The van der Waals surface area contributed by atoms with Crippen molar-refractivity contribution in [3.8, 4) is 0 Å². The molecule has 8 heteroatoms. The van der Waals surface area contributed by atoms with Crippen molar-refractivity contribution in [2.75, 3.05) is 4.72 Å². The van der Waals surface area contributed by atoms with Gasteiger partial charge in [-0.3, -0.25) is 9.82 Å². The Balaban J connectivity index is 1.83. The third-order valence-corrected chi connectivity index (χ3v) is 4.90. The Hall–Kier alpha value is -1.76. The second-order valence-corrected chi connectivity index (χ2v) is 7.33. The summed E-state index contributed by atoms with van der Waals surface area (Å²) in [6.07, 6.45) is 1.63. The summed E-state index contributed by atoms with van der Waals surface area (Å²) in [6.45, 7) is 0. The van der Waals surface area contributed by atoms with Crippen molar-refractivity contribution in [1.29, 1.82) is 0 Å². The fourth-order valence-electron chi connectivity index (χ4n) is 2.07. The Bertz CT molecular complexity index is 938. The van der Waals surface area contributed by atoms with Crippen LogP contribution in [0.1, 0.15) is 5.56 Å². The van der Waals surface area contributed by atoms with E-state index in [-0.39, 0.29) is 5.75 Å². The van der Waals surface area contributed by atoms with E-state index < -0.39 is 10.0 Å². The van der Waals surface area contributed by atoms with Gasteiger partial charge in [0.15, 0.2) is 0 Å². The number of nitrogens with one attached hydrogen (secondary N) is 2. The Morgan fingerprint density at radius 3 is 2.73 bits per heavy atom. The number of halogens is 2. The molecule has 0 aliphatic heterocycles. The van der Waals surface area contributed by atoms with Crippen LogP contribution in [0.15, 0.2) is 42.6 Å². The lowest BCUT2D eigenvalue weighted by molar-refractivity contribution is 0.600. The number of fused-ring (bicyclic) bond motifs is 1. The molecule has 0 bridgehead atoms. The Labute approximate surface area is 137 Å². The minimum Gasteiger partial charge on any atom is -0.283 e. The lowest BCUT2D eigenvalue weighted by Crippen LogP contribution is -2.15. The molecule has 2 N–H and O–H groups in total. The van der Waals surface area contributed by atoms with Crippen LogP contribution in [0.5, 0.6) is 0 Å². The molecule has 0 aliphatic rings. The topological polar surface area (TPSA) is 74.8 Å². The van der Waals surface area contributed by atoms with Crippen LogP contribution >= 0.6 is 23.2 Å². The first-order valence-corrected chi connectivity index (χ1v) is 8.71. The van der Waals surface area contributed by atoms with E-state index in [4.69, 9.17) is 23.2 Å². The number of aromatic nitrogens is 2. The zero-order valence-corrected chi connectivity index (χ0v) is 13.5. The van der Waals surface area contributed by atoms with Gasteiger partial charge in [0, 0.05) is 21.1 Å². The molecule has 1 aromatic heterocycles. The number of H-pyrrole nitrogens is 1. The summed E-state index contributed by atoms with van der Waals surface area (Å²) in [6, 6.07) is 9.86. The van der Waals surface area contributed by atoms with Crippen LogP contribution in [-0.2, 0) is 15.8 Å². The van der Waals surface area contributed by atoms with Crippen LogP contribution in [0.4, 0.5) is 5.69 Å². The second-order valence-electron chi connectivity index (χ2n) is 4.77. The molecule has 0 amide bonds. The summed E-state index contributed by atoms with van der Waals surface area (Å²) in [5.41, 5.74) is 1.80. The Morgan fingerprint density at radius 1 is 1.14 bits per heavy atom. The van der Waals surface area contributed by atoms with Crippen LogP contribution in [0.3, 0.4) is 0 Å². The molecule has 3 aromatic rings. The van der Waals surface area contributed by atoms with Gasteiger partial charge in [0.2, 0.25) is 10.0 Å². The number of aromatic amines is 1. The van der Waals surface area contributed by atoms with Gasteiger partial charge in [-0.15, -0.1) is 0 Å². The predicted molar refractivity (Wildman–Crippen MR) is 88.8 cm³/mol. The molecule has 0 saturated heterocycles. The lowest BCUT2D eigenvalue weighted by Gasteiger charge is -2.09. The van der Waals surface area contributed by atoms with Gasteiger partial charge in [-0.2, -0.15) is 5.10 Å². The number of sulfonamides is 1. The highest BCUT2D eigenvalue weighted by atomic mass is 35.5. The number of anilines is 1. The molecule has 0 radical (unpaired) electrons. The molecule has 0 spiro atoms. The van der Waals surface area contributed by atoms with Crippen LogP contribution < -0.4 is 4.72 Å². The number of hydrogen-bond donors (Lipinski definition) is 2. The summed E-state index contributed by atoms with van der Waals surface area (Å²) < 4.78 is 27.0. The zero-order valence-electron chi connectivity index (χ0n) is 11.2. The highest BCUT2D eigenvalue weighted by molar-refractivity contribution is 7.91. The monoisotopic (exact) mass is 355 g/mol. The fraction of sp³-hybridized carbons (Fsp3) is 0.0714. The van der Waals surface area contributed by atoms with Gasteiger partial charge in [-0.05, 0) is 35.9 Å². The minimum absolute atomic E-state index is 0.230. The van der Waals surface area contributed by atoms with E-state index in [0.717, 1.165) is 10.9 Å². The minimum atomic E-state index is -3.58. The normalized spacial score (nSPS) is 11.7. The Kier molecular flexibility index (Phi) is 3.99. The van der Waals surface area contributed by atoms with E-state index in [1.54, 1.807) is 36.5 Å². The van der Waals surface area contributed by atoms with E-state index in [0.29, 0.717) is 21.3 Å². The average molecular weight is 356 g/mol. The van der Waals surface area contributed by atoms with Crippen molar-refractivity contribution >= 4 is 49.8 Å². The van der Waals surface area contributed by atoms with Crippen molar-refractivity contribution in [3.05, 3.63) is 58.2 Å². The molecule has 0 unspecified atom stereocenters. The lowest BCUT2D eigenvalue weighted by atomic mass is 10.2. The van der Waals surface area contributed by atoms with E-state index >= 15 is 0 Å². The number of benzene rings is 2. The summed E-state index contributed by atoms with van der Waals surface area (Å²) in [7, 11) is -3.58. The molecular weight excluding hydrogens is 345 g/mol. The van der Waals surface area contributed by atoms with Gasteiger partial charge < -0.3 is 0 Å². The standard InChI is InChI=1S/C14H11Cl2N3O2S/c15-11-2-1-9(13(16)6-11)8-22(20,21)19-12-3-4-14-10(5-12)7-17-18-14/h1-7,19H,8H2,(H,17,18). The molecular formula is C14H11Cl2N3O2S. The van der Waals surface area contributed by atoms with Gasteiger partial charge in [-0.1, -0.05) is 29.3 Å². The smallest absolute Gasteiger partial charge is 0.236 e. The molecule has 0 saturated carbocycles. The number of hydrogen-bond acceptors (Lipinski definition) is 3. The first kappa shape index (κ1) is 15.1. The third-order valence-electron chi connectivity index (χ3n) is 3.07. The van der Waals surface area contributed by atoms with Crippen molar-refractivity contribution in [2.45, 2.75) is 5.75 Å². The second kappa shape index (κ2) is 5.79. The van der Waals surface area contributed by atoms with Gasteiger partial charge >= 0.3 is 0 Å². The maximum Gasteiger partial charge on any atom is 0.236 e. The molecule has 3 rings (SSSR count). The van der Waals surface area contributed by atoms with Crippen LogP contribution in [0.2, 0.25) is 10.0 Å². The molecule has 0 fully saturated rings. The average Bonchev–Trinajstić information content (AvgIpc) is 2.89. The molecule has 0 aliphatic carbocycles. The summed E-state index contributed by atoms with van der Waals surface area (Å²) in [5, 5.41) is 8.31. The van der Waals surface area contributed by atoms with E-state index in [9.17, 15) is 8.42 Å². The quantitative estimate of drug-likeness (QED) is 0.746. The molecule has 2 aromatic carbocycles. The van der Waals surface area contributed by atoms with Crippen molar-refractivity contribution in [2.24, 2.45) is 0 Å². The molecule has 5 nitrogen and oxygen atoms in total. The van der Waals surface area contributed by atoms with Crippen LogP contribution in [-0.4, -0.2) is 18.6 Å². The first-order chi connectivity index (χ1) is 10.4. The summed E-state index contributed by atoms with van der Waals surface area (Å²) in [4.78, 5) is 0. The van der Waals surface area contributed by atoms with Crippen LogP contribution in [0.25, 0.3) is 10.9 Å². The SMILES string of the molecule is O=S(=O)(Cc1ccc(Cl)cc1Cl)Nc1ccc2[nH]ncc2c1. The molecule has 22 heavy (non-hydrogen) atoms. The third kappa shape index (κ3) is 3.35. The van der Waals surface area contributed by atoms with E-state index in [1.807, 2.05) is 0 Å². The largest absolute Gasteiger partial charge is 0.283 e. The van der Waals surface area contributed by atoms with Gasteiger partial charge in [0.1, 0.15) is 0 Å². The predicted octanol–water partition coefficient (Wildman–Crippen LogP) is 3.81. The maximum absolute atomic E-state index is 12.3. The molecule has 1 heterocycles. The highest BCUT2D eigenvalue weighted by Crippen LogP contribution is 2.24. The molecule has 0 atom stereocenters. The van der Waals surface area contributed by atoms with Crippen molar-refractivity contribution in [3.63, 3.8) is 0 Å². The maximum atomic E-state index is 12.3. The highest BCUT2D eigenvalue weighted by Gasteiger charge is 2.14. The van der Waals surface area contributed by atoms with Gasteiger partial charge in [0.25, 0.3) is 0 Å². The van der Waals surface area contributed by atoms with Gasteiger partial charge in [-0.25, -0.2) is 8.42 Å². The fourth-order valence-corrected chi connectivity index (χ4v) is 3.84. The summed E-state index contributed by atoms with van der Waals surface area (Å²) >= 11 is 11.8. The van der Waals surface area contributed by atoms with Crippen molar-refractivity contribution in [1.82, 2.24) is 10.2 Å². The molecule has 114 valence electrons. The van der Waals surface area contributed by atoms with Crippen LogP contribution in [0, 0.1) is 0 Å².